The van der Waals surface area contributed by atoms with Crippen molar-refractivity contribution in [3.05, 3.63) is 0 Å². The molecule has 0 aliphatic rings. The van der Waals surface area contributed by atoms with Gasteiger partial charge in [0.15, 0.2) is 0 Å². The minimum atomic E-state index is -2.87. The molecule has 6 heteroatoms. The first-order valence-electron chi connectivity index (χ1n) is 6.82. The molecule has 0 spiro atoms. The normalized spacial score (nSPS) is 10.8. The predicted octanol–water partition coefficient (Wildman–Crippen LogP) is 5.34. The molecule has 110 valence electrons. The minimum absolute atomic E-state index is 0.706. The molecule has 0 atom stereocenters. The van der Waals surface area contributed by atoms with E-state index in [-0.39, 0.29) is 0 Å². The Morgan fingerprint density at radius 2 is 1.11 bits per heavy atom. The first-order valence-corrected chi connectivity index (χ1v) is 12.4. The zero-order valence-electron chi connectivity index (χ0n) is 11.9. The topological polar surface area (TPSA) is 57.5 Å². The molecule has 0 aliphatic heterocycles. The smallest absolute Gasteiger partial charge is 0.134 e. The van der Waals surface area contributed by atoms with Crippen molar-refractivity contribution in [3.8, 4) is 0 Å². The number of unbranched alkanes of at least 4 members (excludes halogenated alkanes) is 3. The third kappa shape index (κ3) is 16.9. The van der Waals surface area contributed by atoms with Gasteiger partial charge in [0.25, 0.3) is 0 Å². The maximum absolute atomic E-state index is 8.70. The second kappa shape index (κ2) is 14.3. The van der Waals surface area contributed by atoms with E-state index in [2.05, 4.69) is 36.3 Å². The van der Waals surface area contributed by atoms with E-state index >= 15 is 0 Å². The maximum Gasteiger partial charge on any atom is 0.692 e. The zero-order valence-corrected chi connectivity index (χ0v) is 15.3. The van der Waals surface area contributed by atoms with Gasteiger partial charge >= 0.3 is 8.25 Å². The Morgan fingerprint density at radius 3 is 1.28 bits per heavy atom. The monoisotopic (exact) mass is 362 g/mol. The average Bonchev–Trinajstić information content (AvgIpc) is 2.31. The molecule has 0 aliphatic carbocycles. The van der Waals surface area contributed by atoms with Crippen molar-refractivity contribution in [2.75, 3.05) is 18.5 Å². The summed E-state index contributed by atoms with van der Waals surface area (Å²) in [6, 6.07) is 0. The van der Waals surface area contributed by atoms with Crippen LogP contribution in [0.3, 0.4) is 0 Å². The molecule has 0 saturated carbocycles. The average molecular weight is 363 g/mol. The van der Waals surface area contributed by atoms with E-state index in [1.807, 2.05) is 0 Å². The lowest BCUT2D eigenvalue weighted by molar-refractivity contribution is 0.405. The van der Waals surface area contributed by atoms with E-state index in [4.69, 9.17) is 14.4 Å². The summed E-state index contributed by atoms with van der Waals surface area (Å²) in [5.41, 5.74) is 0. The molecule has 0 rings (SSSR count). The van der Waals surface area contributed by atoms with Crippen molar-refractivity contribution < 1.29 is 14.4 Å². The van der Waals surface area contributed by atoms with Crippen LogP contribution in [0.4, 0.5) is 0 Å². The fourth-order valence-electron chi connectivity index (χ4n) is 1.66. The first kappa shape index (κ1) is 21.2. The fraction of sp³-hybridized carbons (Fsp3) is 1.00. The van der Waals surface area contributed by atoms with Crippen LogP contribution in [0.25, 0.3) is 0 Å². The number of halogens is 1. The van der Waals surface area contributed by atoms with Crippen LogP contribution in [-0.2, 0) is 4.57 Å². The first-order chi connectivity index (χ1) is 8.41. The molecule has 0 heterocycles. The van der Waals surface area contributed by atoms with Crippen LogP contribution in [0.2, 0.25) is 0 Å². The van der Waals surface area contributed by atoms with Gasteiger partial charge < -0.3 is 0 Å². The maximum atomic E-state index is 8.70. The van der Waals surface area contributed by atoms with Crippen LogP contribution in [0.5, 0.6) is 0 Å². The molecule has 0 fully saturated rings. The van der Waals surface area contributed by atoms with Crippen LogP contribution >= 0.6 is 29.7 Å². The van der Waals surface area contributed by atoms with E-state index in [9.17, 15) is 0 Å². The van der Waals surface area contributed by atoms with E-state index in [0.29, 0.717) is 0 Å². The molecule has 0 aromatic carbocycles. The Labute approximate surface area is 122 Å². The molecule has 0 bridgehead atoms. The van der Waals surface area contributed by atoms with Crippen molar-refractivity contribution in [2.45, 2.75) is 59.3 Å². The largest absolute Gasteiger partial charge is 0.692 e. The molecular weight excluding hydrogens is 334 g/mol. The highest BCUT2D eigenvalue weighted by Gasteiger charge is 2.32. The molecule has 0 unspecified atom stereocenters. The van der Waals surface area contributed by atoms with E-state index in [1.54, 1.807) is 0 Å². The van der Waals surface area contributed by atoms with Crippen molar-refractivity contribution in [1.82, 2.24) is 0 Å². The number of hydrogen-bond acceptors (Lipinski definition) is 1. The summed E-state index contributed by atoms with van der Waals surface area (Å²) in [5, 5.41) is 0. The lowest BCUT2D eigenvalue weighted by Crippen LogP contribution is -2.02. The zero-order chi connectivity index (χ0) is 14.4. The summed E-state index contributed by atoms with van der Waals surface area (Å²) in [4.78, 5) is 14.2. The van der Waals surface area contributed by atoms with Gasteiger partial charge in [-0.25, -0.2) is 0 Å². The number of hydrogen-bond donors (Lipinski definition) is 2. The Hall–Kier alpha value is 0.930. The van der Waals surface area contributed by atoms with Gasteiger partial charge in [0.2, 0.25) is 0 Å². The van der Waals surface area contributed by atoms with Crippen molar-refractivity contribution in [1.29, 1.82) is 0 Å². The highest BCUT2D eigenvalue weighted by Crippen LogP contribution is 2.67. The van der Waals surface area contributed by atoms with E-state index in [1.165, 1.54) is 57.0 Å². The highest BCUT2D eigenvalue weighted by atomic mass is 79.9. The van der Waals surface area contributed by atoms with E-state index < -0.39 is 14.2 Å². The summed E-state index contributed by atoms with van der Waals surface area (Å²) in [6.07, 6.45) is 12.8. The molecular formula is C12H29BrO3P2+2. The Kier molecular flexibility index (Phi) is 16.9. The Bertz CT molecular complexity index is 178. The van der Waals surface area contributed by atoms with E-state index in [0.717, 1.165) is 0 Å². The minimum Gasteiger partial charge on any atom is -0.134 e. The molecule has 3 nitrogen and oxygen atoms in total. The quantitative estimate of drug-likeness (QED) is 0.544. The van der Waals surface area contributed by atoms with Crippen molar-refractivity contribution in [3.63, 3.8) is 0 Å². The Balaban J connectivity index is 0. The van der Waals surface area contributed by atoms with Gasteiger partial charge in [0.05, 0.1) is 24.5 Å². The van der Waals surface area contributed by atoms with Crippen LogP contribution in [0.1, 0.15) is 59.3 Å². The van der Waals surface area contributed by atoms with Gasteiger partial charge in [0.1, 0.15) is 15.5 Å². The summed E-state index contributed by atoms with van der Waals surface area (Å²) >= 11 is 4.10. The molecule has 0 aromatic heterocycles. The second-order valence-electron chi connectivity index (χ2n) is 4.51. The van der Waals surface area contributed by atoms with Gasteiger partial charge in [-0.2, -0.15) is 0 Å². The fourth-order valence-corrected chi connectivity index (χ4v) is 7.24. The van der Waals surface area contributed by atoms with Gasteiger partial charge in [-0.05, 0) is 19.3 Å². The van der Waals surface area contributed by atoms with Gasteiger partial charge in [-0.3, -0.25) is 0 Å². The van der Waals surface area contributed by atoms with Gasteiger partial charge in [-0.1, -0.05) is 40.0 Å². The molecule has 0 aromatic rings. The Morgan fingerprint density at radius 1 is 0.889 bits per heavy atom. The standard InChI is InChI=1S/C12H27BrP.HO3P/c1-4-7-10-14(13,11-8-5-2)12-9-6-3;1-4(2)3/h4-12H2,1-3H3;(H-,1,2,3)/q+1;/p+1. The third-order valence-electron chi connectivity index (χ3n) is 2.74. The highest BCUT2D eigenvalue weighted by molar-refractivity contribution is 9.42. The van der Waals surface area contributed by atoms with Crippen LogP contribution in [0, 0.1) is 0 Å². The molecule has 0 saturated heterocycles. The van der Waals surface area contributed by atoms with Crippen molar-refractivity contribution >= 4 is 29.7 Å². The molecule has 0 amide bonds. The molecule has 18 heavy (non-hydrogen) atoms. The summed E-state index contributed by atoms with van der Waals surface area (Å²) < 4.78 is 8.70. The molecule has 2 N–H and O–H groups in total. The van der Waals surface area contributed by atoms with Gasteiger partial charge in [-0.15, -0.1) is 9.79 Å². The predicted molar refractivity (Wildman–Crippen MR) is 87.2 cm³/mol. The van der Waals surface area contributed by atoms with Gasteiger partial charge in [0, 0.05) is 4.57 Å². The lowest BCUT2D eigenvalue weighted by Gasteiger charge is -2.19. The molecule has 0 radical (unpaired) electrons. The number of rotatable bonds is 9. The lowest BCUT2D eigenvalue weighted by atomic mass is 10.4. The van der Waals surface area contributed by atoms with Crippen LogP contribution in [0.15, 0.2) is 0 Å². The third-order valence-corrected chi connectivity index (χ3v) is 9.28. The summed E-state index contributed by atoms with van der Waals surface area (Å²) in [5.74, 6) is -0.706. The van der Waals surface area contributed by atoms with Crippen molar-refractivity contribution in [2.24, 2.45) is 0 Å². The van der Waals surface area contributed by atoms with Crippen LogP contribution < -0.4 is 0 Å². The second-order valence-corrected chi connectivity index (χ2v) is 12.9. The van der Waals surface area contributed by atoms with Crippen LogP contribution in [-0.4, -0.2) is 28.3 Å². The summed E-state index contributed by atoms with van der Waals surface area (Å²) in [6.45, 7) is 6.91. The SMILES string of the molecule is CCCC[P+](Br)(CCCC)CCCC.O=[P+](O)O. The summed E-state index contributed by atoms with van der Waals surface area (Å²) in [7, 11) is -2.87.